The average Bonchev–Trinajstić information content (AvgIpc) is 3.47. The molecule has 0 unspecified atom stereocenters. The van der Waals surface area contributed by atoms with Crippen molar-refractivity contribution in [2.75, 3.05) is 0 Å². The van der Waals surface area contributed by atoms with E-state index in [1.807, 2.05) is 30.3 Å². The molecule has 4 aromatic rings. The SMILES string of the molecule is CC(C)(C)c1ccc(Oc2ccc3cc(C(=O)N[C@@H](Cc4ccc(Cl)cc4)C(=O)O)nc(CC4CCCC4)c3c2)cc1. The topological polar surface area (TPSA) is 88.5 Å². The number of benzene rings is 3. The van der Waals surface area contributed by atoms with Gasteiger partial charge in [-0.2, -0.15) is 0 Å². The number of ether oxygens (including phenoxy) is 1. The Morgan fingerprint density at radius 1 is 0.976 bits per heavy atom. The second kappa shape index (κ2) is 12.5. The summed E-state index contributed by atoms with van der Waals surface area (Å²) in [6.07, 6.45) is 5.57. The Labute approximate surface area is 252 Å². The highest BCUT2D eigenvalue weighted by atomic mass is 35.5. The second-order valence-corrected chi connectivity index (χ2v) is 12.7. The maximum absolute atomic E-state index is 13.4. The molecule has 1 saturated carbocycles. The molecule has 1 aliphatic rings. The van der Waals surface area contributed by atoms with E-state index in [4.69, 9.17) is 21.3 Å². The average molecular weight is 585 g/mol. The molecule has 0 saturated heterocycles. The van der Waals surface area contributed by atoms with E-state index in [2.05, 4.69) is 38.2 Å². The predicted octanol–water partition coefficient (Wildman–Crippen LogP) is 8.14. The van der Waals surface area contributed by atoms with Gasteiger partial charge in [-0.15, -0.1) is 0 Å². The Morgan fingerprint density at radius 2 is 1.64 bits per heavy atom. The summed E-state index contributed by atoms with van der Waals surface area (Å²) in [5, 5.41) is 14.9. The quantitative estimate of drug-likeness (QED) is 0.207. The zero-order chi connectivity index (χ0) is 29.9. The molecule has 1 aromatic heterocycles. The van der Waals surface area contributed by atoms with Gasteiger partial charge in [0.05, 0.1) is 0 Å². The molecule has 218 valence electrons. The minimum absolute atomic E-state index is 0.0621. The van der Waals surface area contributed by atoms with Crippen molar-refractivity contribution in [3.05, 3.63) is 100 Å². The van der Waals surface area contributed by atoms with Crippen molar-refractivity contribution in [2.45, 2.75) is 70.8 Å². The molecular formula is C35H37ClN2O4. The van der Waals surface area contributed by atoms with Crippen LogP contribution >= 0.6 is 11.6 Å². The largest absolute Gasteiger partial charge is 0.480 e. The summed E-state index contributed by atoms with van der Waals surface area (Å²) < 4.78 is 6.22. The standard InChI is InChI=1S/C35H37ClN2O4/c1-35(2,3)25-11-16-27(17-12-25)42-28-15-10-24-20-31(37-30(29(24)21-28)18-22-6-4-5-7-22)33(39)38-32(34(40)41)19-23-8-13-26(36)14-9-23/h8-17,20-22,32H,4-7,18-19H2,1-3H3,(H,38,39)(H,40,41)/t32-/m0/s1. The Balaban J connectivity index is 1.42. The number of carbonyl (C=O) groups is 2. The third kappa shape index (κ3) is 7.29. The summed E-state index contributed by atoms with van der Waals surface area (Å²) in [6.45, 7) is 6.54. The molecule has 7 heteroatoms. The van der Waals surface area contributed by atoms with Gasteiger partial charge >= 0.3 is 5.97 Å². The molecule has 1 atom stereocenters. The predicted molar refractivity (Wildman–Crippen MR) is 167 cm³/mol. The molecule has 1 heterocycles. The summed E-state index contributed by atoms with van der Waals surface area (Å²) >= 11 is 5.97. The van der Waals surface area contributed by atoms with Crippen LogP contribution in [0.5, 0.6) is 11.5 Å². The van der Waals surface area contributed by atoms with E-state index in [0.717, 1.165) is 47.0 Å². The fraction of sp³-hybridized carbons (Fsp3) is 0.343. The number of nitrogens with zero attached hydrogens (tertiary/aromatic N) is 1. The van der Waals surface area contributed by atoms with Crippen LogP contribution in [0, 0.1) is 5.92 Å². The minimum Gasteiger partial charge on any atom is -0.480 e. The molecule has 6 nitrogen and oxygen atoms in total. The van der Waals surface area contributed by atoms with Gasteiger partial charge in [-0.3, -0.25) is 4.79 Å². The lowest BCUT2D eigenvalue weighted by Gasteiger charge is -2.19. The van der Waals surface area contributed by atoms with E-state index >= 15 is 0 Å². The fourth-order valence-corrected chi connectivity index (χ4v) is 5.69. The lowest BCUT2D eigenvalue weighted by molar-refractivity contribution is -0.139. The molecule has 0 spiro atoms. The maximum Gasteiger partial charge on any atom is 0.326 e. The minimum atomic E-state index is -1.11. The number of hydrogen-bond acceptors (Lipinski definition) is 4. The van der Waals surface area contributed by atoms with Crippen LogP contribution in [-0.2, 0) is 23.1 Å². The molecule has 0 aliphatic heterocycles. The summed E-state index contributed by atoms with van der Waals surface area (Å²) in [7, 11) is 0. The zero-order valence-corrected chi connectivity index (χ0v) is 25.1. The Morgan fingerprint density at radius 3 is 2.29 bits per heavy atom. The van der Waals surface area contributed by atoms with Crippen molar-refractivity contribution >= 4 is 34.2 Å². The lowest BCUT2D eigenvalue weighted by atomic mass is 9.87. The van der Waals surface area contributed by atoms with Gasteiger partial charge in [-0.1, -0.05) is 88.4 Å². The van der Waals surface area contributed by atoms with E-state index in [9.17, 15) is 14.7 Å². The third-order valence-electron chi connectivity index (χ3n) is 7.99. The maximum atomic E-state index is 13.4. The molecule has 0 bridgehead atoms. The number of nitrogens with one attached hydrogen (secondary N) is 1. The second-order valence-electron chi connectivity index (χ2n) is 12.3. The first kappa shape index (κ1) is 29.6. The van der Waals surface area contributed by atoms with Gasteiger partial charge in [0.2, 0.25) is 0 Å². The first-order chi connectivity index (χ1) is 20.0. The number of carbonyl (C=O) groups excluding carboxylic acids is 1. The summed E-state index contributed by atoms with van der Waals surface area (Å²) in [5.41, 5.74) is 3.11. The highest BCUT2D eigenvalue weighted by molar-refractivity contribution is 6.30. The Bertz CT molecular complexity index is 1570. The number of aliphatic carboxylic acids is 1. The fourth-order valence-electron chi connectivity index (χ4n) is 5.57. The zero-order valence-electron chi connectivity index (χ0n) is 24.3. The number of aromatic nitrogens is 1. The van der Waals surface area contributed by atoms with Crippen molar-refractivity contribution in [1.82, 2.24) is 10.3 Å². The van der Waals surface area contributed by atoms with Crippen LogP contribution in [0.1, 0.15) is 73.8 Å². The molecule has 3 aromatic carbocycles. The first-order valence-electron chi connectivity index (χ1n) is 14.6. The van der Waals surface area contributed by atoms with E-state index in [1.54, 1.807) is 30.3 Å². The van der Waals surface area contributed by atoms with Crippen LogP contribution in [0.15, 0.2) is 72.8 Å². The van der Waals surface area contributed by atoms with E-state index < -0.39 is 17.9 Å². The number of halogens is 1. The van der Waals surface area contributed by atoms with E-state index in [-0.39, 0.29) is 17.5 Å². The molecule has 1 amide bonds. The van der Waals surface area contributed by atoms with Gasteiger partial charge < -0.3 is 15.2 Å². The van der Waals surface area contributed by atoms with Crippen molar-refractivity contribution in [3.8, 4) is 11.5 Å². The monoisotopic (exact) mass is 584 g/mol. The number of carboxylic acids is 1. The molecule has 1 aliphatic carbocycles. The van der Waals surface area contributed by atoms with Crippen molar-refractivity contribution in [1.29, 1.82) is 0 Å². The smallest absolute Gasteiger partial charge is 0.326 e. The normalized spacial score (nSPS) is 14.6. The van der Waals surface area contributed by atoms with Gasteiger partial charge in [-0.25, -0.2) is 9.78 Å². The highest BCUT2D eigenvalue weighted by Gasteiger charge is 2.24. The van der Waals surface area contributed by atoms with E-state index in [0.29, 0.717) is 16.7 Å². The van der Waals surface area contributed by atoms with Crippen LogP contribution in [0.4, 0.5) is 0 Å². The lowest BCUT2D eigenvalue weighted by Crippen LogP contribution is -2.42. The summed E-state index contributed by atoms with van der Waals surface area (Å²) in [5.74, 6) is 0.341. The van der Waals surface area contributed by atoms with Crippen LogP contribution in [0.3, 0.4) is 0 Å². The van der Waals surface area contributed by atoms with Crippen molar-refractivity contribution < 1.29 is 19.4 Å². The Kier molecular flexibility index (Phi) is 8.83. The third-order valence-corrected chi connectivity index (χ3v) is 8.24. The number of pyridine rings is 1. The van der Waals surface area contributed by atoms with Gasteiger partial charge in [-0.05, 0) is 76.7 Å². The van der Waals surface area contributed by atoms with Gasteiger partial charge in [0.25, 0.3) is 5.91 Å². The first-order valence-corrected chi connectivity index (χ1v) is 14.9. The number of rotatable bonds is 9. The van der Waals surface area contributed by atoms with E-state index in [1.165, 1.54) is 18.4 Å². The van der Waals surface area contributed by atoms with Crippen molar-refractivity contribution in [2.24, 2.45) is 5.92 Å². The molecule has 0 radical (unpaired) electrons. The molecule has 5 rings (SSSR count). The van der Waals surface area contributed by atoms with Gasteiger partial charge in [0.15, 0.2) is 0 Å². The number of fused-ring (bicyclic) bond motifs is 1. The van der Waals surface area contributed by atoms with Crippen LogP contribution in [-0.4, -0.2) is 28.0 Å². The summed E-state index contributed by atoms with van der Waals surface area (Å²) in [4.78, 5) is 30.2. The molecule has 42 heavy (non-hydrogen) atoms. The van der Waals surface area contributed by atoms with Crippen LogP contribution < -0.4 is 10.1 Å². The molecule has 1 fully saturated rings. The number of hydrogen-bond donors (Lipinski definition) is 2. The van der Waals surface area contributed by atoms with Gasteiger partial charge in [0.1, 0.15) is 23.2 Å². The number of amides is 1. The summed E-state index contributed by atoms with van der Waals surface area (Å²) in [6, 6.07) is 21.5. The number of carboxylic acid groups (broad SMARTS) is 1. The van der Waals surface area contributed by atoms with Crippen LogP contribution in [0.25, 0.3) is 10.8 Å². The van der Waals surface area contributed by atoms with Crippen LogP contribution in [0.2, 0.25) is 5.02 Å². The highest BCUT2D eigenvalue weighted by Crippen LogP contribution is 2.33. The van der Waals surface area contributed by atoms with Gasteiger partial charge in [0, 0.05) is 22.5 Å². The Hall–Kier alpha value is -3.90. The van der Waals surface area contributed by atoms with Crippen molar-refractivity contribution in [3.63, 3.8) is 0 Å². The molecular weight excluding hydrogens is 548 g/mol. The molecule has 2 N–H and O–H groups in total.